The molecule has 14 heavy (non-hydrogen) atoms. The standard InChI is InChI=1S/C10H16BrNS.ClH/c1-7(2)3-4-9(12)10-8(11)5-6-13-10;/h5-7,9H,3-4,12H2,1-2H3;1H/t9-;/m0./s1. The molecule has 1 aromatic heterocycles. The van der Waals surface area contributed by atoms with Gasteiger partial charge in [0.25, 0.3) is 0 Å². The van der Waals surface area contributed by atoms with Crippen molar-refractivity contribution in [2.75, 3.05) is 0 Å². The van der Waals surface area contributed by atoms with Crippen molar-refractivity contribution in [1.29, 1.82) is 0 Å². The molecule has 0 fully saturated rings. The van der Waals surface area contributed by atoms with Crippen molar-refractivity contribution < 1.29 is 0 Å². The lowest BCUT2D eigenvalue weighted by molar-refractivity contribution is 0.510. The van der Waals surface area contributed by atoms with Crippen molar-refractivity contribution in [2.24, 2.45) is 11.7 Å². The van der Waals surface area contributed by atoms with E-state index < -0.39 is 0 Å². The van der Waals surface area contributed by atoms with E-state index in [1.165, 1.54) is 11.3 Å². The zero-order valence-corrected chi connectivity index (χ0v) is 11.7. The molecule has 1 aromatic rings. The van der Waals surface area contributed by atoms with Crippen LogP contribution < -0.4 is 5.73 Å². The summed E-state index contributed by atoms with van der Waals surface area (Å²) in [5.41, 5.74) is 6.07. The van der Waals surface area contributed by atoms with Crippen molar-refractivity contribution >= 4 is 39.7 Å². The first-order valence-electron chi connectivity index (χ1n) is 4.59. The summed E-state index contributed by atoms with van der Waals surface area (Å²) in [6, 6.07) is 2.27. The molecule has 0 amide bonds. The summed E-state index contributed by atoms with van der Waals surface area (Å²) in [6.07, 6.45) is 2.28. The van der Waals surface area contributed by atoms with Crippen LogP contribution in [-0.4, -0.2) is 0 Å². The Balaban J connectivity index is 0.00000169. The molecule has 0 unspecified atom stereocenters. The average molecular weight is 299 g/mol. The predicted molar refractivity (Wildman–Crippen MR) is 70.3 cm³/mol. The van der Waals surface area contributed by atoms with E-state index in [1.54, 1.807) is 11.3 Å². The summed E-state index contributed by atoms with van der Waals surface area (Å²) in [6.45, 7) is 4.46. The second kappa shape index (κ2) is 6.83. The first-order chi connectivity index (χ1) is 6.11. The van der Waals surface area contributed by atoms with Crippen molar-refractivity contribution in [2.45, 2.75) is 32.7 Å². The molecule has 1 atom stereocenters. The van der Waals surface area contributed by atoms with Crippen LogP contribution in [0.5, 0.6) is 0 Å². The van der Waals surface area contributed by atoms with E-state index in [9.17, 15) is 0 Å². The van der Waals surface area contributed by atoms with Crippen LogP contribution in [0.2, 0.25) is 0 Å². The van der Waals surface area contributed by atoms with E-state index in [1.807, 2.05) is 0 Å². The molecule has 0 aliphatic heterocycles. The van der Waals surface area contributed by atoms with Crippen LogP contribution in [0, 0.1) is 5.92 Å². The summed E-state index contributed by atoms with van der Waals surface area (Å²) in [7, 11) is 0. The highest BCUT2D eigenvalue weighted by molar-refractivity contribution is 9.10. The number of rotatable bonds is 4. The van der Waals surface area contributed by atoms with Gasteiger partial charge in [0, 0.05) is 15.4 Å². The first kappa shape index (κ1) is 14.4. The summed E-state index contributed by atoms with van der Waals surface area (Å²) >= 11 is 5.24. The largest absolute Gasteiger partial charge is 0.323 e. The molecule has 0 spiro atoms. The van der Waals surface area contributed by atoms with Gasteiger partial charge in [0.1, 0.15) is 0 Å². The fourth-order valence-electron chi connectivity index (χ4n) is 1.21. The lowest BCUT2D eigenvalue weighted by Crippen LogP contribution is -2.09. The highest BCUT2D eigenvalue weighted by atomic mass is 79.9. The van der Waals surface area contributed by atoms with Gasteiger partial charge in [-0.25, -0.2) is 0 Å². The van der Waals surface area contributed by atoms with Crippen LogP contribution in [0.1, 0.15) is 37.6 Å². The van der Waals surface area contributed by atoms with E-state index in [-0.39, 0.29) is 18.4 Å². The molecule has 2 N–H and O–H groups in total. The molecule has 4 heteroatoms. The van der Waals surface area contributed by atoms with E-state index >= 15 is 0 Å². The molecule has 0 saturated heterocycles. The Hall–Kier alpha value is 0.430. The molecule has 0 saturated carbocycles. The maximum Gasteiger partial charge on any atom is 0.0401 e. The molecule has 0 aliphatic rings. The fourth-order valence-corrected chi connectivity index (χ4v) is 2.92. The monoisotopic (exact) mass is 297 g/mol. The Kier molecular flexibility index (Phi) is 7.04. The smallest absolute Gasteiger partial charge is 0.0401 e. The Morgan fingerprint density at radius 1 is 1.43 bits per heavy atom. The highest BCUT2D eigenvalue weighted by Crippen LogP contribution is 2.30. The van der Waals surface area contributed by atoms with Gasteiger partial charge in [-0.05, 0) is 46.1 Å². The topological polar surface area (TPSA) is 26.0 Å². The van der Waals surface area contributed by atoms with Crippen LogP contribution in [-0.2, 0) is 0 Å². The van der Waals surface area contributed by atoms with Crippen molar-refractivity contribution in [3.63, 3.8) is 0 Å². The SMILES string of the molecule is CC(C)CC[C@H](N)c1sccc1Br.Cl. The van der Waals surface area contributed by atoms with E-state index in [0.717, 1.165) is 16.8 Å². The zero-order valence-electron chi connectivity index (χ0n) is 8.50. The van der Waals surface area contributed by atoms with Gasteiger partial charge >= 0.3 is 0 Å². The Bertz CT molecular complexity index is 262. The fraction of sp³-hybridized carbons (Fsp3) is 0.600. The molecule has 1 rings (SSSR count). The number of nitrogens with two attached hydrogens (primary N) is 1. The number of halogens is 2. The van der Waals surface area contributed by atoms with Gasteiger partial charge in [-0.2, -0.15) is 0 Å². The minimum absolute atomic E-state index is 0. The van der Waals surface area contributed by atoms with Crippen molar-refractivity contribution in [3.8, 4) is 0 Å². The minimum Gasteiger partial charge on any atom is -0.323 e. The Morgan fingerprint density at radius 3 is 2.50 bits per heavy atom. The molecule has 1 heterocycles. The number of thiophene rings is 1. The molecule has 82 valence electrons. The molecule has 0 radical (unpaired) electrons. The van der Waals surface area contributed by atoms with E-state index in [2.05, 4.69) is 41.2 Å². The van der Waals surface area contributed by atoms with Gasteiger partial charge in [-0.15, -0.1) is 23.7 Å². The lowest BCUT2D eigenvalue weighted by atomic mass is 10.0. The lowest BCUT2D eigenvalue weighted by Gasteiger charge is -2.11. The molecule has 1 nitrogen and oxygen atoms in total. The quantitative estimate of drug-likeness (QED) is 0.877. The molecule has 0 aliphatic carbocycles. The van der Waals surface area contributed by atoms with Gasteiger partial charge in [0.05, 0.1) is 0 Å². The maximum atomic E-state index is 6.07. The summed E-state index contributed by atoms with van der Waals surface area (Å²) < 4.78 is 1.16. The number of hydrogen-bond acceptors (Lipinski definition) is 2. The summed E-state index contributed by atoms with van der Waals surface area (Å²) in [5, 5.41) is 2.08. The van der Waals surface area contributed by atoms with E-state index in [0.29, 0.717) is 0 Å². The second-order valence-electron chi connectivity index (χ2n) is 3.71. The molecular weight excluding hydrogens is 282 g/mol. The van der Waals surface area contributed by atoms with Crippen LogP contribution in [0.3, 0.4) is 0 Å². The van der Waals surface area contributed by atoms with E-state index in [4.69, 9.17) is 5.73 Å². The van der Waals surface area contributed by atoms with Crippen molar-refractivity contribution in [1.82, 2.24) is 0 Å². The molecular formula is C10H17BrClNS. The third-order valence-electron chi connectivity index (χ3n) is 2.04. The van der Waals surface area contributed by atoms with Crippen LogP contribution >= 0.6 is 39.7 Å². The normalized spacial score (nSPS) is 12.6. The maximum absolute atomic E-state index is 6.07. The van der Waals surface area contributed by atoms with Crippen LogP contribution in [0.4, 0.5) is 0 Å². The number of hydrogen-bond donors (Lipinski definition) is 1. The Morgan fingerprint density at radius 2 is 2.07 bits per heavy atom. The highest BCUT2D eigenvalue weighted by Gasteiger charge is 2.11. The zero-order chi connectivity index (χ0) is 9.84. The minimum atomic E-state index is 0. The van der Waals surface area contributed by atoms with Crippen LogP contribution in [0.15, 0.2) is 15.9 Å². The Labute approximate surface area is 105 Å². The average Bonchev–Trinajstić information content (AvgIpc) is 2.47. The summed E-state index contributed by atoms with van der Waals surface area (Å²) in [5.74, 6) is 0.741. The third-order valence-corrected chi connectivity index (χ3v) is 4.04. The van der Waals surface area contributed by atoms with Gasteiger partial charge in [-0.1, -0.05) is 13.8 Å². The van der Waals surface area contributed by atoms with Crippen LogP contribution in [0.25, 0.3) is 0 Å². The predicted octanol–water partition coefficient (Wildman–Crippen LogP) is 4.37. The van der Waals surface area contributed by atoms with Gasteiger partial charge in [0.15, 0.2) is 0 Å². The molecule has 0 aromatic carbocycles. The third kappa shape index (κ3) is 4.30. The second-order valence-corrected chi connectivity index (χ2v) is 5.51. The van der Waals surface area contributed by atoms with Crippen molar-refractivity contribution in [3.05, 3.63) is 20.8 Å². The summed E-state index contributed by atoms with van der Waals surface area (Å²) in [4.78, 5) is 1.28. The van der Waals surface area contributed by atoms with Gasteiger partial charge in [0.2, 0.25) is 0 Å². The van der Waals surface area contributed by atoms with Gasteiger partial charge in [-0.3, -0.25) is 0 Å². The first-order valence-corrected chi connectivity index (χ1v) is 6.27. The van der Waals surface area contributed by atoms with Gasteiger partial charge < -0.3 is 5.73 Å². The molecule has 0 bridgehead atoms.